The number of benzene rings is 2. The van der Waals surface area contributed by atoms with Crippen molar-refractivity contribution in [2.45, 2.75) is 0 Å². The summed E-state index contributed by atoms with van der Waals surface area (Å²) in [4.78, 5) is 15.0. The first-order chi connectivity index (χ1) is 15.2. The number of aldehydes is 1. The second kappa shape index (κ2) is 8.89. The largest absolute Gasteiger partial charge is 0.495 e. The summed E-state index contributed by atoms with van der Waals surface area (Å²) in [5.74, 6) is 2.20. The van der Waals surface area contributed by atoms with Crippen LogP contribution in [0.3, 0.4) is 0 Å². The van der Waals surface area contributed by atoms with E-state index in [9.17, 15) is 4.79 Å². The lowest BCUT2D eigenvalue weighted by Crippen LogP contribution is -1.93. The Bertz CT molecular complexity index is 1270. The number of carbonyl (C=O) groups excluding carboxylic acids is 1. The highest BCUT2D eigenvalue weighted by molar-refractivity contribution is 6.33. The van der Waals surface area contributed by atoms with E-state index in [1.165, 1.54) is 6.08 Å². The SMILES string of the molecule is COc1cccc(Oc2ccc(-c3nn(C=CC=O)c4c(OC)cncc34)cc2)c1Cl. The van der Waals surface area contributed by atoms with Crippen molar-refractivity contribution in [2.75, 3.05) is 14.2 Å². The molecular weight excluding hydrogens is 418 g/mol. The van der Waals surface area contributed by atoms with Crippen LogP contribution in [0.2, 0.25) is 5.02 Å². The first-order valence-corrected chi connectivity index (χ1v) is 9.67. The van der Waals surface area contributed by atoms with Gasteiger partial charge in [0.25, 0.3) is 0 Å². The predicted molar refractivity (Wildman–Crippen MR) is 119 cm³/mol. The molecule has 0 N–H and O–H groups in total. The van der Waals surface area contributed by atoms with E-state index in [0.717, 1.165) is 10.9 Å². The maximum absolute atomic E-state index is 10.8. The third kappa shape index (κ3) is 3.95. The average molecular weight is 436 g/mol. The molecule has 0 bridgehead atoms. The van der Waals surface area contributed by atoms with Crippen LogP contribution < -0.4 is 14.2 Å². The monoisotopic (exact) mass is 435 g/mol. The minimum absolute atomic E-state index is 0.402. The number of methoxy groups -OCH3 is 2. The zero-order valence-corrected chi connectivity index (χ0v) is 17.5. The molecule has 0 radical (unpaired) electrons. The summed E-state index contributed by atoms with van der Waals surface area (Å²) in [6, 6.07) is 12.8. The normalized spacial score (nSPS) is 11.1. The Morgan fingerprint density at radius 3 is 2.42 bits per heavy atom. The van der Waals surface area contributed by atoms with Gasteiger partial charge in [0.2, 0.25) is 0 Å². The number of aromatic nitrogens is 3. The van der Waals surface area contributed by atoms with Crippen LogP contribution >= 0.6 is 11.6 Å². The van der Waals surface area contributed by atoms with Gasteiger partial charge in [0.05, 0.1) is 25.8 Å². The maximum atomic E-state index is 10.8. The second-order valence-corrected chi connectivity index (χ2v) is 6.79. The van der Waals surface area contributed by atoms with E-state index < -0.39 is 0 Å². The predicted octanol–water partition coefficient (Wildman–Crippen LogP) is 5.23. The Hall–Kier alpha value is -3.84. The topological polar surface area (TPSA) is 75.5 Å². The zero-order chi connectivity index (χ0) is 21.8. The van der Waals surface area contributed by atoms with Gasteiger partial charge in [-0.15, -0.1) is 0 Å². The lowest BCUT2D eigenvalue weighted by molar-refractivity contribution is -0.104. The van der Waals surface area contributed by atoms with Crippen LogP contribution in [0, 0.1) is 0 Å². The summed E-state index contributed by atoms with van der Waals surface area (Å²) < 4.78 is 18.2. The fraction of sp³-hybridized carbons (Fsp3) is 0.0870. The molecule has 0 saturated carbocycles. The van der Waals surface area contributed by atoms with Gasteiger partial charge in [0.1, 0.15) is 39.8 Å². The van der Waals surface area contributed by atoms with Gasteiger partial charge in [-0.2, -0.15) is 5.10 Å². The second-order valence-electron chi connectivity index (χ2n) is 6.41. The Balaban J connectivity index is 1.71. The summed E-state index contributed by atoms with van der Waals surface area (Å²) >= 11 is 6.31. The quantitative estimate of drug-likeness (QED) is 0.292. The fourth-order valence-corrected chi connectivity index (χ4v) is 3.42. The van der Waals surface area contributed by atoms with E-state index >= 15 is 0 Å². The van der Waals surface area contributed by atoms with E-state index in [0.29, 0.717) is 45.5 Å². The molecule has 2 heterocycles. The highest BCUT2D eigenvalue weighted by Crippen LogP contribution is 2.37. The Morgan fingerprint density at radius 2 is 1.71 bits per heavy atom. The smallest absolute Gasteiger partial charge is 0.163 e. The molecule has 2 aromatic heterocycles. The summed E-state index contributed by atoms with van der Waals surface area (Å²) in [7, 11) is 3.12. The highest BCUT2D eigenvalue weighted by atomic mass is 35.5. The minimum atomic E-state index is 0.402. The molecule has 156 valence electrons. The molecule has 0 aliphatic heterocycles. The number of halogens is 1. The van der Waals surface area contributed by atoms with Crippen LogP contribution in [0.1, 0.15) is 0 Å². The summed E-state index contributed by atoms with van der Waals surface area (Å²) in [6.07, 6.45) is 6.95. The van der Waals surface area contributed by atoms with Crippen molar-refractivity contribution in [1.82, 2.24) is 14.8 Å². The van der Waals surface area contributed by atoms with Crippen molar-refractivity contribution < 1.29 is 19.0 Å². The van der Waals surface area contributed by atoms with Gasteiger partial charge in [-0.25, -0.2) is 4.68 Å². The van der Waals surface area contributed by atoms with Gasteiger partial charge in [0.15, 0.2) is 5.75 Å². The molecule has 0 atom stereocenters. The molecule has 7 nitrogen and oxygen atoms in total. The molecular formula is C23H18ClN3O4. The number of nitrogens with zero attached hydrogens (tertiary/aromatic N) is 3. The fourth-order valence-electron chi connectivity index (χ4n) is 3.18. The number of fused-ring (bicyclic) bond motifs is 1. The van der Waals surface area contributed by atoms with Crippen molar-refractivity contribution in [3.63, 3.8) is 0 Å². The summed E-state index contributed by atoms with van der Waals surface area (Å²) in [5, 5.41) is 5.82. The van der Waals surface area contributed by atoms with Crippen LogP contribution in [0.5, 0.6) is 23.0 Å². The molecule has 0 amide bonds. The van der Waals surface area contributed by atoms with Crippen molar-refractivity contribution in [3.8, 4) is 34.3 Å². The molecule has 0 aliphatic carbocycles. The first kappa shape index (κ1) is 20.4. The van der Waals surface area contributed by atoms with E-state index in [1.807, 2.05) is 24.3 Å². The third-order valence-electron chi connectivity index (χ3n) is 4.60. The number of pyridine rings is 1. The number of hydrogen-bond donors (Lipinski definition) is 0. The van der Waals surface area contributed by atoms with Gasteiger partial charge in [-0.05, 0) is 42.5 Å². The molecule has 0 aliphatic rings. The standard InChI is InChI=1S/C23H18ClN3O4/c1-29-18-5-3-6-19(21(18)24)31-16-9-7-15(8-10-16)22-17-13-25-14-20(30-2)23(17)27(26-22)11-4-12-28/h3-14H,1-2H3. The Labute approximate surface area is 183 Å². The highest BCUT2D eigenvalue weighted by Gasteiger charge is 2.16. The van der Waals surface area contributed by atoms with Gasteiger partial charge < -0.3 is 14.2 Å². The molecule has 4 rings (SSSR count). The van der Waals surface area contributed by atoms with Gasteiger partial charge >= 0.3 is 0 Å². The van der Waals surface area contributed by atoms with Gasteiger partial charge in [0, 0.05) is 18.0 Å². The van der Waals surface area contributed by atoms with Crippen LogP contribution in [0.4, 0.5) is 0 Å². The van der Waals surface area contributed by atoms with Crippen molar-refractivity contribution in [2.24, 2.45) is 0 Å². The molecule has 4 aromatic rings. The molecule has 0 spiro atoms. The van der Waals surface area contributed by atoms with E-state index in [1.54, 1.807) is 55.7 Å². The number of hydrogen-bond acceptors (Lipinski definition) is 6. The molecule has 0 saturated heterocycles. The van der Waals surface area contributed by atoms with Crippen molar-refractivity contribution >= 4 is 35.0 Å². The van der Waals surface area contributed by atoms with Crippen LogP contribution in [0.25, 0.3) is 28.4 Å². The molecule has 2 aromatic carbocycles. The number of allylic oxidation sites excluding steroid dienone is 1. The van der Waals surface area contributed by atoms with E-state index in [4.69, 9.17) is 25.8 Å². The minimum Gasteiger partial charge on any atom is -0.495 e. The summed E-state index contributed by atoms with van der Waals surface area (Å²) in [5.41, 5.74) is 2.26. The van der Waals surface area contributed by atoms with Crippen LogP contribution in [-0.4, -0.2) is 35.3 Å². The van der Waals surface area contributed by atoms with Gasteiger partial charge in [-0.1, -0.05) is 17.7 Å². The third-order valence-corrected chi connectivity index (χ3v) is 4.98. The average Bonchev–Trinajstić information content (AvgIpc) is 3.18. The Kier molecular flexibility index (Phi) is 5.86. The molecule has 8 heteroatoms. The van der Waals surface area contributed by atoms with Crippen molar-refractivity contribution in [3.05, 3.63) is 66.0 Å². The maximum Gasteiger partial charge on any atom is 0.163 e. The molecule has 0 fully saturated rings. The summed E-state index contributed by atoms with van der Waals surface area (Å²) in [6.45, 7) is 0. The van der Waals surface area contributed by atoms with Crippen molar-refractivity contribution in [1.29, 1.82) is 0 Å². The van der Waals surface area contributed by atoms with Crippen LogP contribution in [0.15, 0.2) is 60.9 Å². The van der Waals surface area contributed by atoms with Crippen LogP contribution in [-0.2, 0) is 4.79 Å². The zero-order valence-electron chi connectivity index (χ0n) is 16.8. The lowest BCUT2D eigenvalue weighted by atomic mass is 10.1. The Morgan fingerprint density at radius 1 is 0.968 bits per heavy atom. The van der Waals surface area contributed by atoms with E-state index in [-0.39, 0.29) is 0 Å². The van der Waals surface area contributed by atoms with Gasteiger partial charge in [-0.3, -0.25) is 9.78 Å². The molecule has 0 unspecified atom stereocenters. The number of rotatable bonds is 7. The lowest BCUT2D eigenvalue weighted by Gasteiger charge is -2.10. The molecule has 31 heavy (non-hydrogen) atoms. The number of ether oxygens (including phenoxy) is 3. The first-order valence-electron chi connectivity index (χ1n) is 9.29. The number of carbonyl (C=O) groups is 1. The van der Waals surface area contributed by atoms with E-state index in [2.05, 4.69) is 10.1 Å².